The van der Waals surface area contributed by atoms with E-state index >= 15 is 0 Å². The van der Waals surface area contributed by atoms with Crippen molar-refractivity contribution in [3.63, 3.8) is 0 Å². The maximum absolute atomic E-state index is 13.7. The van der Waals surface area contributed by atoms with Gasteiger partial charge in [-0.1, -0.05) is 49.6 Å². The first-order chi connectivity index (χ1) is 18.8. The van der Waals surface area contributed by atoms with Gasteiger partial charge >= 0.3 is 6.09 Å². The SMILES string of the molecule is COc1ccc(S(=O)(=O)N(C)C[C@H](O)C(Cc2ccccc2)N(C(=O)O[C@H]2CCOC2)C2CCCCC2)cc1. The van der Waals surface area contributed by atoms with E-state index in [0.717, 1.165) is 42.0 Å². The van der Waals surface area contributed by atoms with Gasteiger partial charge in [-0.2, -0.15) is 4.31 Å². The van der Waals surface area contributed by atoms with Gasteiger partial charge in [0.15, 0.2) is 0 Å². The van der Waals surface area contributed by atoms with E-state index in [-0.39, 0.29) is 23.6 Å². The van der Waals surface area contributed by atoms with Crippen LogP contribution in [0.3, 0.4) is 0 Å². The van der Waals surface area contributed by atoms with E-state index in [9.17, 15) is 18.3 Å². The van der Waals surface area contributed by atoms with Crippen molar-refractivity contribution in [1.29, 1.82) is 0 Å². The van der Waals surface area contributed by atoms with Crippen molar-refractivity contribution in [2.45, 2.75) is 74.1 Å². The molecule has 0 spiro atoms. The van der Waals surface area contributed by atoms with Gasteiger partial charge in [-0.15, -0.1) is 0 Å². The molecule has 2 fully saturated rings. The van der Waals surface area contributed by atoms with Crippen LogP contribution in [0.5, 0.6) is 5.75 Å². The minimum absolute atomic E-state index is 0.0968. The molecule has 4 rings (SSSR count). The second-order valence-electron chi connectivity index (χ2n) is 10.4. The Hall–Kier alpha value is -2.66. The van der Waals surface area contributed by atoms with Crippen LogP contribution in [-0.4, -0.2) is 87.0 Å². The molecule has 0 aromatic heterocycles. The Bertz CT molecular complexity index is 1150. The number of nitrogens with zero attached hydrogens (tertiary/aromatic N) is 2. The normalized spacial score (nSPS) is 19.9. The summed E-state index contributed by atoms with van der Waals surface area (Å²) in [5.41, 5.74) is 0.944. The number of amides is 1. The first kappa shape index (κ1) is 29.3. The minimum atomic E-state index is -3.89. The van der Waals surface area contributed by atoms with E-state index in [4.69, 9.17) is 14.2 Å². The number of aliphatic hydroxyl groups excluding tert-OH is 1. The van der Waals surface area contributed by atoms with E-state index in [1.165, 1.54) is 26.3 Å². The summed E-state index contributed by atoms with van der Waals surface area (Å²) in [6.07, 6.45) is 3.76. The predicted octanol–water partition coefficient (Wildman–Crippen LogP) is 3.85. The molecule has 214 valence electrons. The van der Waals surface area contributed by atoms with Crippen molar-refractivity contribution in [1.82, 2.24) is 9.21 Å². The topological polar surface area (TPSA) is 106 Å². The van der Waals surface area contributed by atoms with Crippen LogP contribution in [0.1, 0.15) is 44.1 Å². The van der Waals surface area contributed by atoms with Crippen LogP contribution in [0.2, 0.25) is 0 Å². The molecule has 1 N–H and O–H groups in total. The molecule has 1 saturated carbocycles. The highest BCUT2D eigenvalue weighted by molar-refractivity contribution is 7.89. The third-order valence-corrected chi connectivity index (χ3v) is 9.47. The number of aliphatic hydroxyl groups is 1. The summed E-state index contributed by atoms with van der Waals surface area (Å²) in [6, 6.07) is 15.0. The molecule has 0 radical (unpaired) electrons. The Balaban J connectivity index is 1.61. The van der Waals surface area contributed by atoms with Crippen LogP contribution < -0.4 is 4.74 Å². The predicted molar refractivity (Wildman–Crippen MR) is 147 cm³/mol. The van der Waals surface area contributed by atoms with Crippen LogP contribution in [0.25, 0.3) is 0 Å². The van der Waals surface area contributed by atoms with Crippen LogP contribution in [0, 0.1) is 0 Å². The van der Waals surface area contributed by atoms with E-state index in [2.05, 4.69) is 0 Å². The lowest BCUT2D eigenvalue weighted by atomic mass is 9.91. The van der Waals surface area contributed by atoms with Crippen LogP contribution in [0.15, 0.2) is 59.5 Å². The van der Waals surface area contributed by atoms with Gasteiger partial charge in [0.05, 0.1) is 37.4 Å². The molecule has 39 heavy (non-hydrogen) atoms. The molecule has 9 nitrogen and oxygen atoms in total. The largest absolute Gasteiger partial charge is 0.497 e. The number of rotatable bonds is 11. The Morgan fingerprint density at radius 3 is 2.36 bits per heavy atom. The Morgan fingerprint density at radius 2 is 1.74 bits per heavy atom. The summed E-state index contributed by atoms with van der Waals surface area (Å²) in [5.74, 6) is 0.550. The summed E-state index contributed by atoms with van der Waals surface area (Å²) < 4.78 is 44.2. The fraction of sp³-hybridized carbons (Fsp3) is 0.552. The quantitative estimate of drug-likeness (QED) is 0.445. The van der Waals surface area contributed by atoms with Gasteiger partial charge in [-0.3, -0.25) is 4.90 Å². The summed E-state index contributed by atoms with van der Waals surface area (Å²) in [7, 11) is -0.927. The number of methoxy groups -OCH3 is 1. The zero-order chi connectivity index (χ0) is 27.8. The third-order valence-electron chi connectivity index (χ3n) is 7.64. The monoisotopic (exact) mass is 560 g/mol. The number of hydrogen-bond acceptors (Lipinski definition) is 7. The zero-order valence-corrected chi connectivity index (χ0v) is 23.6. The molecule has 1 amide bonds. The van der Waals surface area contributed by atoms with Gasteiger partial charge in [0.1, 0.15) is 11.9 Å². The van der Waals surface area contributed by atoms with Gasteiger partial charge in [0.2, 0.25) is 10.0 Å². The van der Waals surface area contributed by atoms with Gasteiger partial charge in [0, 0.05) is 26.1 Å². The summed E-state index contributed by atoms with van der Waals surface area (Å²) in [4.78, 5) is 15.5. The van der Waals surface area contributed by atoms with Crippen LogP contribution >= 0.6 is 0 Å². The molecule has 1 heterocycles. The van der Waals surface area contributed by atoms with Crippen molar-refractivity contribution < 1.29 is 32.5 Å². The molecule has 1 aliphatic carbocycles. The molecular weight excluding hydrogens is 520 g/mol. The smallest absolute Gasteiger partial charge is 0.410 e. The van der Waals surface area contributed by atoms with Crippen LogP contribution in [0.4, 0.5) is 4.79 Å². The molecule has 3 atom stereocenters. The zero-order valence-electron chi connectivity index (χ0n) is 22.8. The summed E-state index contributed by atoms with van der Waals surface area (Å²) in [6.45, 7) is 0.722. The molecule has 1 unspecified atom stereocenters. The highest BCUT2D eigenvalue weighted by Gasteiger charge is 2.39. The van der Waals surface area contributed by atoms with Crippen molar-refractivity contribution in [3.05, 3.63) is 60.2 Å². The van der Waals surface area contributed by atoms with Gasteiger partial charge < -0.3 is 19.3 Å². The maximum atomic E-state index is 13.7. The van der Waals surface area contributed by atoms with Crippen LogP contribution in [-0.2, 0) is 25.9 Å². The Kier molecular flexibility index (Phi) is 10.2. The van der Waals surface area contributed by atoms with E-state index in [1.54, 1.807) is 17.0 Å². The first-order valence-electron chi connectivity index (χ1n) is 13.7. The standard InChI is InChI=1S/C29H40N2O7S/c1-30(39(34,35)26-15-13-24(36-2)14-16-26)20-28(32)27(19-22-9-5-3-6-10-22)31(23-11-7-4-8-12-23)29(33)38-25-17-18-37-21-25/h3,5-6,9-10,13-16,23,25,27-28,32H,4,7-8,11-12,17-21H2,1-2H3/t25-,27?,28-/m0/s1. The number of likely N-dealkylation sites (N-methyl/N-ethyl adjacent to an activating group) is 1. The number of hydrogen-bond donors (Lipinski definition) is 1. The van der Waals surface area contributed by atoms with E-state index in [1.807, 2.05) is 30.3 Å². The average Bonchev–Trinajstić information content (AvgIpc) is 3.46. The summed E-state index contributed by atoms with van der Waals surface area (Å²) in [5, 5.41) is 11.6. The fourth-order valence-electron chi connectivity index (χ4n) is 5.41. The van der Waals surface area contributed by atoms with Gasteiger partial charge in [-0.25, -0.2) is 13.2 Å². The number of carbonyl (C=O) groups excluding carboxylic acids is 1. The molecule has 2 aliphatic rings. The van der Waals surface area contributed by atoms with Crippen molar-refractivity contribution in [3.8, 4) is 5.75 Å². The molecule has 2 aromatic carbocycles. The van der Waals surface area contributed by atoms with Crippen molar-refractivity contribution >= 4 is 16.1 Å². The molecule has 0 bridgehead atoms. The number of sulfonamides is 1. The van der Waals surface area contributed by atoms with Gasteiger partial charge in [-0.05, 0) is 49.1 Å². The molecular formula is C29H40N2O7S. The Morgan fingerprint density at radius 1 is 1.05 bits per heavy atom. The van der Waals surface area contributed by atoms with Crippen molar-refractivity contribution in [2.24, 2.45) is 0 Å². The number of carbonyl (C=O) groups is 1. The molecule has 10 heteroatoms. The lowest BCUT2D eigenvalue weighted by molar-refractivity contribution is -0.0120. The van der Waals surface area contributed by atoms with E-state index < -0.39 is 28.3 Å². The minimum Gasteiger partial charge on any atom is -0.497 e. The lowest BCUT2D eigenvalue weighted by Crippen LogP contribution is -2.56. The highest BCUT2D eigenvalue weighted by Crippen LogP contribution is 2.29. The van der Waals surface area contributed by atoms with Crippen molar-refractivity contribution in [2.75, 3.05) is 33.9 Å². The second kappa shape index (κ2) is 13.6. The summed E-state index contributed by atoms with van der Waals surface area (Å²) >= 11 is 0. The fourth-order valence-corrected chi connectivity index (χ4v) is 6.60. The average molecular weight is 561 g/mol. The lowest BCUT2D eigenvalue weighted by Gasteiger charge is -2.42. The Labute approximate surface area is 231 Å². The molecule has 1 saturated heterocycles. The molecule has 1 aliphatic heterocycles. The number of ether oxygens (including phenoxy) is 3. The number of benzene rings is 2. The van der Waals surface area contributed by atoms with Gasteiger partial charge in [0.25, 0.3) is 0 Å². The third kappa shape index (κ3) is 7.51. The second-order valence-corrected chi connectivity index (χ2v) is 12.4. The molecule has 2 aromatic rings. The van der Waals surface area contributed by atoms with E-state index in [0.29, 0.717) is 31.8 Å². The highest BCUT2D eigenvalue weighted by atomic mass is 32.2. The maximum Gasteiger partial charge on any atom is 0.410 e. The first-order valence-corrected chi connectivity index (χ1v) is 15.1.